The van der Waals surface area contributed by atoms with Gasteiger partial charge in [0.25, 0.3) is 0 Å². The van der Waals surface area contributed by atoms with E-state index in [-0.39, 0.29) is 17.9 Å². The first kappa shape index (κ1) is 16.6. The zero-order valence-electron chi connectivity index (χ0n) is 15.4. The number of rotatable bonds is 2. The van der Waals surface area contributed by atoms with E-state index in [4.69, 9.17) is 14.7 Å². The second-order valence-corrected chi connectivity index (χ2v) is 7.62. The van der Waals surface area contributed by atoms with Crippen LogP contribution in [0.4, 0.5) is 11.8 Å². The number of anilines is 2. The molecule has 2 bridgehead atoms. The maximum absolute atomic E-state index is 12.6. The summed E-state index contributed by atoms with van der Waals surface area (Å²) in [5, 5.41) is 0. The molecule has 2 saturated heterocycles. The SMILES string of the molecule is CN(C)c1nc2c(c(N3C[C@@H]4COC[C@H](C3)N(C)C4=O)n1)CCCC2. The Morgan fingerprint density at radius 3 is 2.72 bits per heavy atom. The summed E-state index contributed by atoms with van der Waals surface area (Å²) in [4.78, 5) is 28.5. The number of likely N-dealkylation sites (N-methyl/N-ethyl adjacent to an activating group) is 1. The molecule has 0 radical (unpaired) electrons. The highest BCUT2D eigenvalue weighted by atomic mass is 16.5. The van der Waals surface area contributed by atoms with Gasteiger partial charge >= 0.3 is 0 Å². The predicted molar refractivity (Wildman–Crippen MR) is 96.1 cm³/mol. The Bertz CT molecular complexity index is 678. The van der Waals surface area contributed by atoms with Crippen molar-refractivity contribution in [3.63, 3.8) is 0 Å². The monoisotopic (exact) mass is 345 g/mol. The van der Waals surface area contributed by atoms with Gasteiger partial charge in [-0.15, -0.1) is 0 Å². The summed E-state index contributed by atoms with van der Waals surface area (Å²) < 4.78 is 5.73. The van der Waals surface area contributed by atoms with Gasteiger partial charge in [0.1, 0.15) is 5.82 Å². The topological polar surface area (TPSA) is 61.8 Å². The molecule has 0 aromatic carbocycles. The van der Waals surface area contributed by atoms with Gasteiger partial charge in [-0.25, -0.2) is 4.98 Å². The van der Waals surface area contributed by atoms with Crippen LogP contribution in [0.25, 0.3) is 0 Å². The first-order valence-electron chi connectivity index (χ1n) is 9.21. The lowest BCUT2D eigenvalue weighted by atomic mass is 9.95. The first-order valence-corrected chi connectivity index (χ1v) is 9.21. The van der Waals surface area contributed by atoms with Crippen molar-refractivity contribution in [2.45, 2.75) is 31.7 Å². The van der Waals surface area contributed by atoms with Crippen LogP contribution in [0, 0.1) is 5.92 Å². The molecule has 0 spiro atoms. The van der Waals surface area contributed by atoms with E-state index in [0.717, 1.165) is 31.2 Å². The van der Waals surface area contributed by atoms with Gasteiger partial charge in [-0.3, -0.25) is 4.79 Å². The molecular weight excluding hydrogens is 318 g/mol. The van der Waals surface area contributed by atoms with Crippen LogP contribution in [0.15, 0.2) is 0 Å². The maximum atomic E-state index is 12.6. The standard InChI is InChI=1S/C18H27N5O2/c1-21(2)18-19-15-7-5-4-6-14(15)16(20-18)23-8-12-10-25-11-13(9-23)22(3)17(12)24/h12-13H,4-11H2,1-3H3/t12-,13+/m1/s1. The largest absolute Gasteiger partial charge is 0.378 e. The highest BCUT2D eigenvalue weighted by Crippen LogP contribution is 2.32. The van der Waals surface area contributed by atoms with Gasteiger partial charge in [-0.05, 0) is 25.7 Å². The van der Waals surface area contributed by atoms with Gasteiger partial charge in [0, 0.05) is 39.8 Å². The minimum Gasteiger partial charge on any atom is -0.378 e. The lowest BCUT2D eigenvalue weighted by Gasteiger charge is -2.33. The molecule has 3 heterocycles. The Morgan fingerprint density at radius 1 is 1.12 bits per heavy atom. The molecule has 4 rings (SSSR count). The maximum Gasteiger partial charge on any atom is 0.229 e. The summed E-state index contributed by atoms with van der Waals surface area (Å²) in [5.74, 6) is 1.88. The van der Waals surface area contributed by atoms with Crippen LogP contribution >= 0.6 is 0 Å². The number of aromatic nitrogens is 2. The van der Waals surface area contributed by atoms with Crippen LogP contribution in [0.5, 0.6) is 0 Å². The second kappa shape index (κ2) is 6.44. The van der Waals surface area contributed by atoms with E-state index in [0.29, 0.717) is 19.8 Å². The zero-order chi connectivity index (χ0) is 17.6. The van der Waals surface area contributed by atoms with Crippen LogP contribution in [0.3, 0.4) is 0 Å². The summed E-state index contributed by atoms with van der Waals surface area (Å²) in [5.41, 5.74) is 2.47. The molecule has 136 valence electrons. The lowest BCUT2D eigenvalue weighted by molar-refractivity contribution is -0.133. The van der Waals surface area contributed by atoms with E-state index in [2.05, 4.69) is 4.90 Å². The van der Waals surface area contributed by atoms with Crippen molar-refractivity contribution in [1.82, 2.24) is 14.9 Å². The minimum absolute atomic E-state index is 0.0806. The highest BCUT2D eigenvalue weighted by molar-refractivity contribution is 5.81. The fourth-order valence-corrected chi connectivity index (χ4v) is 4.09. The molecule has 1 aliphatic carbocycles. The first-order chi connectivity index (χ1) is 12.0. The second-order valence-electron chi connectivity index (χ2n) is 7.62. The molecule has 3 aliphatic rings. The third-order valence-electron chi connectivity index (χ3n) is 5.59. The molecule has 0 unspecified atom stereocenters. The van der Waals surface area contributed by atoms with Crippen LogP contribution in [0.2, 0.25) is 0 Å². The molecule has 0 N–H and O–H groups in total. The average Bonchev–Trinajstić information content (AvgIpc) is 2.79. The Labute approximate surface area is 149 Å². The molecule has 2 fully saturated rings. The molecule has 1 aromatic heterocycles. The Hall–Kier alpha value is -1.89. The normalized spacial score (nSPS) is 26.3. The van der Waals surface area contributed by atoms with Crippen LogP contribution in [-0.2, 0) is 22.4 Å². The average molecular weight is 345 g/mol. The summed E-state index contributed by atoms with van der Waals surface area (Å²) in [6.07, 6.45) is 4.43. The van der Waals surface area contributed by atoms with Crippen LogP contribution in [0.1, 0.15) is 24.1 Å². The number of carbonyl (C=O) groups is 1. The van der Waals surface area contributed by atoms with E-state index >= 15 is 0 Å². The van der Waals surface area contributed by atoms with Crippen molar-refractivity contribution in [3.05, 3.63) is 11.3 Å². The number of hydrogen-bond donors (Lipinski definition) is 0. The lowest BCUT2D eigenvalue weighted by Crippen LogP contribution is -2.43. The van der Waals surface area contributed by atoms with Gasteiger partial charge < -0.3 is 19.4 Å². The molecule has 1 amide bonds. The van der Waals surface area contributed by atoms with E-state index in [1.165, 1.54) is 24.1 Å². The molecule has 7 heteroatoms. The molecule has 25 heavy (non-hydrogen) atoms. The fourth-order valence-electron chi connectivity index (χ4n) is 4.09. The quantitative estimate of drug-likeness (QED) is 0.787. The minimum atomic E-state index is -0.116. The van der Waals surface area contributed by atoms with E-state index in [9.17, 15) is 4.79 Å². The Balaban J connectivity index is 1.76. The van der Waals surface area contributed by atoms with E-state index < -0.39 is 0 Å². The Morgan fingerprint density at radius 2 is 1.92 bits per heavy atom. The highest BCUT2D eigenvalue weighted by Gasteiger charge is 2.38. The number of nitrogens with zero attached hydrogens (tertiary/aromatic N) is 5. The van der Waals surface area contributed by atoms with Crippen molar-refractivity contribution in [2.75, 3.05) is 57.2 Å². The number of ether oxygens (including phenoxy) is 1. The van der Waals surface area contributed by atoms with Crippen LogP contribution < -0.4 is 9.80 Å². The summed E-state index contributed by atoms with van der Waals surface area (Å²) in [6.45, 7) is 2.55. The molecule has 7 nitrogen and oxygen atoms in total. The summed E-state index contributed by atoms with van der Waals surface area (Å²) >= 11 is 0. The van der Waals surface area contributed by atoms with E-state index in [1.54, 1.807) is 0 Å². The molecular formula is C18H27N5O2. The van der Waals surface area contributed by atoms with Gasteiger partial charge in [-0.1, -0.05) is 0 Å². The number of amides is 1. The number of fused-ring (bicyclic) bond motifs is 4. The number of hydrogen-bond acceptors (Lipinski definition) is 6. The van der Waals surface area contributed by atoms with Gasteiger partial charge in [0.15, 0.2) is 0 Å². The summed E-state index contributed by atoms with van der Waals surface area (Å²) in [7, 11) is 5.87. The molecule has 1 aromatic rings. The predicted octanol–water partition coefficient (Wildman–Crippen LogP) is 0.715. The number of carbonyl (C=O) groups excluding carboxylic acids is 1. The molecule has 0 saturated carbocycles. The zero-order valence-corrected chi connectivity index (χ0v) is 15.4. The van der Waals surface area contributed by atoms with Gasteiger partial charge in [0.05, 0.1) is 30.9 Å². The third kappa shape index (κ3) is 2.94. The van der Waals surface area contributed by atoms with Gasteiger partial charge in [0.2, 0.25) is 11.9 Å². The van der Waals surface area contributed by atoms with Crippen molar-refractivity contribution in [3.8, 4) is 0 Å². The summed E-state index contributed by atoms with van der Waals surface area (Å²) in [6, 6.07) is 0.0806. The van der Waals surface area contributed by atoms with Crippen molar-refractivity contribution in [2.24, 2.45) is 5.92 Å². The van der Waals surface area contributed by atoms with E-state index in [1.807, 2.05) is 30.9 Å². The van der Waals surface area contributed by atoms with Crippen LogP contribution in [-0.4, -0.2) is 74.3 Å². The van der Waals surface area contributed by atoms with Crippen molar-refractivity contribution in [1.29, 1.82) is 0 Å². The molecule has 2 aliphatic heterocycles. The molecule has 2 atom stereocenters. The fraction of sp³-hybridized carbons (Fsp3) is 0.722. The Kier molecular flexibility index (Phi) is 4.27. The number of aryl methyl sites for hydroxylation is 1. The van der Waals surface area contributed by atoms with Gasteiger partial charge in [-0.2, -0.15) is 4.98 Å². The smallest absolute Gasteiger partial charge is 0.229 e. The van der Waals surface area contributed by atoms with Crippen molar-refractivity contribution < 1.29 is 9.53 Å². The van der Waals surface area contributed by atoms with Crippen molar-refractivity contribution >= 4 is 17.7 Å². The third-order valence-corrected chi connectivity index (χ3v) is 5.59.